The van der Waals surface area contributed by atoms with Crippen LogP contribution in [0.2, 0.25) is 0 Å². The van der Waals surface area contributed by atoms with Gasteiger partial charge in [-0.25, -0.2) is 4.39 Å². The highest BCUT2D eigenvalue weighted by atomic mass is 127. The highest BCUT2D eigenvalue weighted by Crippen LogP contribution is 2.21. The summed E-state index contributed by atoms with van der Waals surface area (Å²) in [5.74, 6) is 1.28. The van der Waals surface area contributed by atoms with Crippen LogP contribution >= 0.6 is 24.0 Å². The Morgan fingerprint density at radius 2 is 1.90 bits per heavy atom. The molecule has 0 saturated carbocycles. The van der Waals surface area contributed by atoms with Crippen LogP contribution in [0.5, 0.6) is 5.75 Å². The van der Waals surface area contributed by atoms with Crippen molar-refractivity contribution in [2.24, 2.45) is 4.99 Å². The maximum Gasteiger partial charge on any atom is 0.194 e. The standard InChI is InChI=1S/C22H29FN4O2.HI/c1-3-24-22(25-16-21(28)17-7-6-8-18(15-17)29-2)27-13-11-26(12-14-27)20-10-5-4-9-19(20)23;/h4-10,15,21,28H,3,11-14,16H2,1-2H3,(H,24,25);1H. The van der Waals surface area contributed by atoms with Crippen molar-refractivity contribution in [1.82, 2.24) is 10.2 Å². The summed E-state index contributed by atoms with van der Waals surface area (Å²) >= 11 is 0. The molecule has 30 heavy (non-hydrogen) atoms. The number of halogens is 2. The molecule has 1 atom stereocenters. The zero-order valence-electron chi connectivity index (χ0n) is 17.4. The molecule has 0 spiro atoms. The van der Waals surface area contributed by atoms with Gasteiger partial charge in [0.15, 0.2) is 5.96 Å². The molecule has 1 unspecified atom stereocenters. The summed E-state index contributed by atoms with van der Waals surface area (Å²) in [6, 6.07) is 14.3. The number of anilines is 1. The molecule has 1 saturated heterocycles. The van der Waals surface area contributed by atoms with E-state index in [9.17, 15) is 9.50 Å². The lowest BCUT2D eigenvalue weighted by Crippen LogP contribution is -2.52. The lowest BCUT2D eigenvalue weighted by molar-refractivity contribution is 0.186. The number of hydrogen-bond acceptors (Lipinski definition) is 4. The van der Waals surface area contributed by atoms with Gasteiger partial charge in [-0.1, -0.05) is 24.3 Å². The minimum atomic E-state index is -0.710. The van der Waals surface area contributed by atoms with Gasteiger partial charge in [-0.05, 0) is 36.8 Å². The highest BCUT2D eigenvalue weighted by Gasteiger charge is 2.21. The molecule has 8 heteroatoms. The van der Waals surface area contributed by atoms with Crippen LogP contribution in [0.15, 0.2) is 53.5 Å². The number of methoxy groups -OCH3 is 1. The monoisotopic (exact) mass is 528 g/mol. The van der Waals surface area contributed by atoms with Crippen LogP contribution < -0.4 is 15.0 Å². The number of aliphatic imine (C=N–C) groups is 1. The fraction of sp³-hybridized carbons (Fsp3) is 0.409. The van der Waals surface area contributed by atoms with Crippen LogP contribution in [0.1, 0.15) is 18.6 Å². The van der Waals surface area contributed by atoms with Crippen molar-refractivity contribution in [1.29, 1.82) is 0 Å². The summed E-state index contributed by atoms with van der Waals surface area (Å²) in [7, 11) is 1.61. The molecule has 1 fully saturated rings. The van der Waals surface area contributed by atoms with Crippen LogP contribution in [0.3, 0.4) is 0 Å². The Balaban J connectivity index is 0.00000320. The number of aliphatic hydroxyl groups is 1. The van der Waals surface area contributed by atoms with Crippen LogP contribution in [-0.2, 0) is 0 Å². The Morgan fingerprint density at radius 3 is 2.57 bits per heavy atom. The number of rotatable bonds is 6. The van der Waals surface area contributed by atoms with Gasteiger partial charge in [-0.15, -0.1) is 24.0 Å². The molecule has 2 aromatic carbocycles. The Labute approximate surface area is 194 Å². The largest absolute Gasteiger partial charge is 0.497 e. The topological polar surface area (TPSA) is 60.3 Å². The Bertz CT molecular complexity index is 828. The van der Waals surface area contributed by atoms with Gasteiger partial charge < -0.3 is 25.0 Å². The Hall–Kier alpha value is -2.07. The van der Waals surface area contributed by atoms with E-state index in [0.29, 0.717) is 24.5 Å². The number of benzene rings is 2. The van der Waals surface area contributed by atoms with Crippen molar-refractivity contribution in [2.75, 3.05) is 51.3 Å². The van der Waals surface area contributed by atoms with Crippen molar-refractivity contribution in [3.05, 3.63) is 59.9 Å². The Kier molecular flexibility index (Phi) is 9.64. The second-order valence-corrected chi connectivity index (χ2v) is 6.91. The average Bonchev–Trinajstić information content (AvgIpc) is 2.77. The van der Waals surface area contributed by atoms with E-state index in [2.05, 4.69) is 20.1 Å². The van der Waals surface area contributed by atoms with E-state index < -0.39 is 6.10 Å². The molecule has 3 rings (SSSR count). The highest BCUT2D eigenvalue weighted by molar-refractivity contribution is 14.0. The second kappa shape index (κ2) is 11.9. The van der Waals surface area contributed by atoms with Crippen molar-refractivity contribution in [3.63, 3.8) is 0 Å². The number of aliphatic hydroxyl groups excluding tert-OH is 1. The summed E-state index contributed by atoms with van der Waals surface area (Å²) < 4.78 is 19.3. The van der Waals surface area contributed by atoms with Gasteiger partial charge in [-0.3, -0.25) is 4.99 Å². The number of para-hydroxylation sites is 1. The first-order valence-corrected chi connectivity index (χ1v) is 9.97. The molecule has 1 heterocycles. The van der Waals surface area contributed by atoms with E-state index in [1.165, 1.54) is 6.07 Å². The van der Waals surface area contributed by atoms with E-state index in [0.717, 1.165) is 31.2 Å². The zero-order chi connectivity index (χ0) is 20.6. The van der Waals surface area contributed by atoms with Crippen LogP contribution in [0, 0.1) is 5.82 Å². The number of nitrogens with one attached hydrogen (secondary N) is 1. The molecule has 2 aromatic rings. The molecule has 0 bridgehead atoms. The zero-order valence-corrected chi connectivity index (χ0v) is 19.8. The number of guanidine groups is 1. The van der Waals surface area contributed by atoms with Gasteiger partial charge >= 0.3 is 0 Å². The molecule has 0 aromatic heterocycles. The summed E-state index contributed by atoms with van der Waals surface area (Å²) in [6.45, 7) is 5.90. The van der Waals surface area contributed by atoms with E-state index in [1.807, 2.05) is 43.3 Å². The first kappa shape index (κ1) is 24.2. The quantitative estimate of drug-likeness (QED) is 0.343. The molecule has 2 N–H and O–H groups in total. The normalized spacial score (nSPS) is 15.4. The van der Waals surface area contributed by atoms with Gasteiger partial charge in [0.25, 0.3) is 0 Å². The Morgan fingerprint density at radius 1 is 1.17 bits per heavy atom. The predicted octanol–water partition coefficient (Wildman–Crippen LogP) is 3.27. The molecular formula is C22H30FIN4O2. The van der Waals surface area contributed by atoms with Crippen LogP contribution in [-0.4, -0.2) is 62.3 Å². The molecular weight excluding hydrogens is 498 g/mol. The van der Waals surface area contributed by atoms with Crippen molar-refractivity contribution in [3.8, 4) is 5.75 Å². The fourth-order valence-corrected chi connectivity index (χ4v) is 3.42. The predicted molar refractivity (Wildman–Crippen MR) is 130 cm³/mol. The van der Waals surface area contributed by atoms with Crippen molar-refractivity contribution < 1.29 is 14.2 Å². The number of nitrogens with zero attached hydrogens (tertiary/aromatic N) is 3. The summed E-state index contributed by atoms with van der Waals surface area (Å²) in [4.78, 5) is 8.84. The van der Waals surface area contributed by atoms with E-state index in [1.54, 1.807) is 13.2 Å². The lowest BCUT2D eigenvalue weighted by Gasteiger charge is -2.37. The van der Waals surface area contributed by atoms with E-state index in [-0.39, 0.29) is 36.3 Å². The van der Waals surface area contributed by atoms with Crippen molar-refractivity contribution in [2.45, 2.75) is 13.0 Å². The number of piperazine rings is 1. The van der Waals surface area contributed by atoms with Gasteiger partial charge in [0, 0.05) is 32.7 Å². The maximum atomic E-state index is 14.0. The fourth-order valence-electron chi connectivity index (χ4n) is 3.42. The van der Waals surface area contributed by atoms with Gasteiger partial charge in [0.2, 0.25) is 0 Å². The van der Waals surface area contributed by atoms with Gasteiger partial charge in [0.1, 0.15) is 11.6 Å². The molecule has 0 radical (unpaired) electrons. The summed E-state index contributed by atoms with van der Waals surface area (Å²) in [5, 5.41) is 13.8. The lowest BCUT2D eigenvalue weighted by atomic mass is 10.1. The average molecular weight is 528 g/mol. The first-order chi connectivity index (χ1) is 14.1. The third-order valence-corrected chi connectivity index (χ3v) is 5.00. The summed E-state index contributed by atoms with van der Waals surface area (Å²) in [6.07, 6.45) is -0.710. The number of ether oxygens (including phenoxy) is 1. The second-order valence-electron chi connectivity index (χ2n) is 6.91. The van der Waals surface area contributed by atoms with E-state index in [4.69, 9.17) is 4.74 Å². The molecule has 0 amide bonds. The molecule has 164 valence electrons. The third kappa shape index (κ3) is 6.21. The SMILES string of the molecule is CCNC(=NCC(O)c1cccc(OC)c1)N1CCN(c2ccccc2F)CC1.I. The minimum absolute atomic E-state index is 0. The summed E-state index contributed by atoms with van der Waals surface area (Å²) in [5.41, 5.74) is 1.41. The molecule has 0 aliphatic carbocycles. The van der Waals surface area contributed by atoms with Crippen molar-refractivity contribution >= 4 is 35.6 Å². The van der Waals surface area contributed by atoms with Gasteiger partial charge in [0.05, 0.1) is 25.4 Å². The van der Waals surface area contributed by atoms with E-state index >= 15 is 0 Å². The molecule has 1 aliphatic rings. The van der Waals surface area contributed by atoms with Crippen LogP contribution in [0.25, 0.3) is 0 Å². The smallest absolute Gasteiger partial charge is 0.194 e. The third-order valence-electron chi connectivity index (χ3n) is 5.00. The first-order valence-electron chi connectivity index (χ1n) is 9.97. The maximum absolute atomic E-state index is 14.0. The minimum Gasteiger partial charge on any atom is -0.497 e. The van der Waals surface area contributed by atoms with Gasteiger partial charge in [-0.2, -0.15) is 0 Å². The molecule has 6 nitrogen and oxygen atoms in total. The molecule has 1 aliphatic heterocycles. The number of hydrogen-bond donors (Lipinski definition) is 2. The van der Waals surface area contributed by atoms with Crippen LogP contribution in [0.4, 0.5) is 10.1 Å².